The molecule has 2 saturated heterocycles. The lowest BCUT2D eigenvalue weighted by Gasteiger charge is -2.35. The minimum Gasteiger partial charge on any atom is -0.370 e. The number of rotatable bonds is 5. The standard InChI is InChI=1S/C25H32Cl2N6O2/c1-14(23-19(26)12-29-13-20(23)27)35-17-3-5-22-18(10-17)24(32-31-22)16-2-4-21(30-11-16)15-6-8-33(9-7-15)25(28)34/h2,4,11-15,17-18,22,24,31-32H,3,5-10H2,1H3,(H2,28,34)/t14-,17?,18?,22?,24?/m1/s1. The van der Waals surface area contributed by atoms with Gasteiger partial charge in [-0.3, -0.25) is 15.4 Å². The number of hydrogen-bond donors (Lipinski definition) is 3. The van der Waals surface area contributed by atoms with Gasteiger partial charge in [0.05, 0.1) is 28.3 Å². The maximum atomic E-state index is 11.4. The summed E-state index contributed by atoms with van der Waals surface area (Å²) in [7, 11) is 0. The lowest BCUT2D eigenvalue weighted by Crippen LogP contribution is -2.41. The topological polar surface area (TPSA) is 105 Å². The molecule has 35 heavy (non-hydrogen) atoms. The summed E-state index contributed by atoms with van der Waals surface area (Å²) in [5.41, 5.74) is 15.5. The van der Waals surface area contributed by atoms with Crippen molar-refractivity contribution in [2.24, 2.45) is 11.7 Å². The van der Waals surface area contributed by atoms with Crippen LogP contribution in [-0.2, 0) is 4.74 Å². The Balaban J connectivity index is 1.22. The third-order valence-electron chi connectivity index (χ3n) is 7.79. The summed E-state index contributed by atoms with van der Waals surface area (Å²) in [6, 6.07) is 4.57. The van der Waals surface area contributed by atoms with Crippen molar-refractivity contribution in [1.82, 2.24) is 25.7 Å². The first-order chi connectivity index (χ1) is 16.9. The number of hydrogen-bond acceptors (Lipinski definition) is 6. The maximum Gasteiger partial charge on any atom is 0.314 e. The van der Waals surface area contributed by atoms with Crippen LogP contribution in [0.2, 0.25) is 10.0 Å². The van der Waals surface area contributed by atoms with Gasteiger partial charge in [0, 0.05) is 54.9 Å². The number of nitrogens with zero attached hydrogens (tertiary/aromatic N) is 3. The molecule has 0 aromatic carbocycles. The fourth-order valence-corrected chi connectivity index (χ4v) is 6.55. The SMILES string of the molecule is C[C@@H](OC1CCC2NNC(c3ccc(C4CCN(C(N)=O)CC4)nc3)C2C1)c1c(Cl)cncc1Cl. The number of urea groups is 1. The van der Waals surface area contributed by atoms with E-state index in [2.05, 4.69) is 28.0 Å². The summed E-state index contributed by atoms with van der Waals surface area (Å²) < 4.78 is 6.45. The first-order valence-electron chi connectivity index (χ1n) is 12.4. The number of nitrogens with one attached hydrogen (secondary N) is 2. The van der Waals surface area contributed by atoms with Crippen LogP contribution in [0.15, 0.2) is 30.7 Å². The minimum absolute atomic E-state index is 0.124. The molecule has 2 aromatic heterocycles. The van der Waals surface area contributed by atoms with Gasteiger partial charge in [-0.1, -0.05) is 29.3 Å². The second-order valence-electron chi connectivity index (χ2n) is 9.88. The number of piperidine rings is 1. The molecule has 0 spiro atoms. The number of amides is 2. The highest BCUT2D eigenvalue weighted by atomic mass is 35.5. The van der Waals surface area contributed by atoms with Crippen molar-refractivity contribution in [1.29, 1.82) is 0 Å². The van der Waals surface area contributed by atoms with E-state index in [9.17, 15) is 4.79 Å². The lowest BCUT2D eigenvalue weighted by molar-refractivity contribution is -0.0370. The molecular formula is C25H32Cl2N6O2. The quantitative estimate of drug-likeness (QED) is 0.537. The Morgan fingerprint density at radius 1 is 1.11 bits per heavy atom. The van der Waals surface area contributed by atoms with Gasteiger partial charge in [-0.05, 0) is 56.6 Å². The van der Waals surface area contributed by atoms with Gasteiger partial charge in [0.2, 0.25) is 0 Å². The van der Waals surface area contributed by atoms with Crippen molar-refractivity contribution in [3.63, 3.8) is 0 Å². The van der Waals surface area contributed by atoms with E-state index in [1.807, 2.05) is 13.1 Å². The Kier molecular flexibility index (Phi) is 7.46. The van der Waals surface area contributed by atoms with Crippen LogP contribution in [0.5, 0.6) is 0 Å². The van der Waals surface area contributed by atoms with Crippen LogP contribution in [0.25, 0.3) is 0 Å². The molecule has 2 aromatic rings. The van der Waals surface area contributed by atoms with Crippen LogP contribution in [0.1, 0.15) is 73.9 Å². The zero-order valence-corrected chi connectivity index (χ0v) is 21.3. The van der Waals surface area contributed by atoms with E-state index in [0.29, 0.717) is 41.0 Å². The smallest absolute Gasteiger partial charge is 0.314 e. The highest BCUT2D eigenvalue weighted by Gasteiger charge is 2.42. The number of hydrazine groups is 1. The summed E-state index contributed by atoms with van der Waals surface area (Å²) >= 11 is 12.7. The fourth-order valence-electron chi connectivity index (χ4n) is 5.88. The Bertz CT molecular complexity index is 1030. The van der Waals surface area contributed by atoms with E-state index in [-0.39, 0.29) is 24.3 Å². The average Bonchev–Trinajstić information content (AvgIpc) is 3.27. The van der Waals surface area contributed by atoms with Crippen LogP contribution in [0, 0.1) is 5.92 Å². The van der Waals surface area contributed by atoms with E-state index in [0.717, 1.165) is 43.4 Å². The second kappa shape index (κ2) is 10.6. The average molecular weight is 519 g/mol. The molecule has 3 aliphatic rings. The summed E-state index contributed by atoms with van der Waals surface area (Å²) in [5, 5.41) is 1.07. The largest absolute Gasteiger partial charge is 0.370 e. The Hall–Kier alpha value is -1.97. The summed E-state index contributed by atoms with van der Waals surface area (Å²) in [5.74, 6) is 0.763. The molecule has 0 radical (unpaired) electrons. The molecule has 4 heterocycles. The van der Waals surface area contributed by atoms with E-state index >= 15 is 0 Å². The number of primary amides is 1. The predicted molar refractivity (Wildman–Crippen MR) is 135 cm³/mol. The predicted octanol–water partition coefficient (Wildman–Crippen LogP) is 4.51. The molecule has 5 atom stereocenters. The van der Waals surface area contributed by atoms with Crippen LogP contribution in [0.4, 0.5) is 4.79 Å². The first-order valence-corrected chi connectivity index (χ1v) is 13.1. The van der Waals surface area contributed by atoms with Gasteiger partial charge in [0.15, 0.2) is 0 Å². The van der Waals surface area contributed by atoms with Crippen LogP contribution >= 0.6 is 23.2 Å². The molecule has 8 nitrogen and oxygen atoms in total. The summed E-state index contributed by atoms with van der Waals surface area (Å²) in [6.07, 6.45) is 9.88. The highest BCUT2D eigenvalue weighted by Crippen LogP contribution is 2.41. The second-order valence-corrected chi connectivity index (χ2v) is 10.7. The number of fused-ring (bicyclic) bond motifs is 1. The maximum absolute atomic E-state index is 11.4. The van der Waals surface area contributed by atoms with Gasteiger partial charge < -0.3 is 15.4 Å². The van der Waals surface area contributed by atoms with Crippen LogP contribution in [0.3, 0.4) is 0 Å². The molecule has 0 bridgehead atoms. The van der Waals surface area contributed by atoms with E-state index < -0.39 is 0 Å². The number of carbonyl (C=O) groups is 1. The van der Waals surface area contributed by atoms with Crippen molar-refractivity contribution < 1.29 is 9.53 Å². The Labute approximate surface area is 215 Å². The molecule has 1 aliphatic carbocycles. The number of aromatic nitrogens is 2. The van der Waals surface area contributed by atoms with Gasteiger partial charge in [-0.25, -0.2) is 10.2 Å². The van der Waals surface area contributed by atoms with Crippen molar-refractivity contribution >= 4 is 29.2 Å². The van der Waals surface area contributed by atoms with Gasteiger partial charge in [-0.15, -0.1) is 0 Å². The molecule has 4 unspecified atom stereocenters. The van der Waals surface area contributed by atoms with Crippen molar-refractivity contribution in [2.75, 3.05) is 13.1 Å². The third-order valence-corrected chi connectivity index (χ3v) is 8.39. The molecule has 5 rings (SSSR count). The molecule has 10 heteroatoms. The Morgan fingerprint density at radius 2 is 1.86 bits per heavy atom. The van der Waals surface area contributed by atoms with Gasteiger partial charge in [-0.2, -0.15) is 0 Å². The van der Waals surface area contributed by atoms with Gasteiger partial charge >= 0.3 is 6.03 Å². The molecule has 2 amide bonds. The van der Waals surface area contributed by atoms with Crippen LogP contribution in [-0.4, -0.2) is 46.1 Å². The van der Waals surface area contributed by atoms with E-state index in [4.69, 9.17) is 38.7 Å². The van der Waals surface area contributed by atoms with Crippen LogP contribution < -0.4 is 16.6 Å². The molecule has 1 saturated carbocycles. The molecular weight excluding hydrogens is 487 g/mol. The van der Waals surface area contributed by atoms with Gasteiger partial charge in [0.25, 0.3) is 0 Å². The summed E-state index contributed by atoms with van der Waals surface area (Å²) in [4.78, 5) is 21.9. The number of ether oxygens (including phenoxy) is 1. The van der Waals surface area contributed by atoms with E-state index in [1.54, 1.807) is 17.3 Å². The third kappa shape index (κ3) is 5.27. The van der Waals surface area contributed by atoms with Gasteiger partial charge in [0.1, 0.15) is 0 Å². The monoisotopic (exact) mass is 518 g/mol. The number of nitrogens with two attached hydrogens (primary N) is 1. The highest BCUT2D eigenvalue weighted by molar-refractivity contribution is 6.35. The number of halogens is 2. The van der Waals surface area contributed by atoms with Crippen molar-refractivity contribution in [2.45, 2.75) is 69.2 Å². The normalized spacial score (nSPS) is 28.0. The lowest BCUT2D eigenvalue weighted by atomic mass is 9.78. The molecule has 2 aliphatic heterocycles. The fraction of sp³-hybridized carbons (Fsp3) is 0.560. The minimum atomic E-state index is -0.336. The summed E-state index contributed by atoms with van der Waals surface area (Å²) in [6.45, 7) is 3.38. The zero-order chi connectivity index (χ0) is 24.5. The molecule has 3 fully saturated rings. The number of pyridine rings is 2. The first kappa shape index (κ1) is 24.7. The van der Waals surface area contributed by atoms with Crippen molar-refractivity contribution in [3.8, 4) is 0 Å². The van der Waals surface area contributed by atoms with Crippen molar-refractivity contribution in [3.05, 3.63) is 57.6 Å². The molecule has 188 valence electrons. The number of likely N-dealkylation sites (tertiary alicyclic amines) is 1. The van der Waals surface area contributed by atoms with E-state index in [1.165, 1.54) is 5.56 Å². The zero-order valence-electron chi connectivity index (χ0n) is 19.8. The number of carbonyl (C=O) groups excluding carboxylic acids is 1. The molecule has 4 N–H and O–H groups in total. The Morgan fingerprint density at radius 3 is 2.51 bits per heavy atom.